The van der Waals surface area contributed by atoms with Crippen LogP contribution in [0.3, 0.4) is 0 Å². The number of fused-ring (bicyclic) bond motifs is 1. The van der Waals surface area contributed by atoms with E-state index in [2.05, 4.69) is 5.32 Å². The molecule has 0 saturated heterocycles. The van der Waals surface area contributed by atoms with Gasteiger partial charge in [0, 0.05) is 18.9 Å². The average molecular weight is 283 g/mol. The van der Waals surface area contributed by atoms with Crippen LogP contribution in [0.25, 0.3) is 10.1 Å². The zero-order chi connectivity index (χ0) is 13.8. The molecule has 1 aromatic heterocycles. The van der Waals surface area contributed by atoms with Gasteiger partial charge in [-0.1, -0.05) is 6.07 Å². The van der Waals surface area contributed by atoms with Crippen LogP contribution in [0.15, 0.2) is 24.3 Å². The molecule has 4 nitrogen and oxygen atoms in total. The second-order valence-electron chi connectivity index (χ2n) is 3.90. The highest BCUT2D eigenvalue weighted by molar-refractivity contribution is 7.20. The number of halogens is 1. The maximum Gasteiger partial charge on any atom is 0.261 e. The third-order valence-corrected chi connectivity index (χ3v) is 3.76. The molecule has 0 bridgehead atoms. The number of hydrogen-bond donors (Lipinski definition) is 1. The molecule has 102 valence electrons. The molecule has 0 fully saturated rings. The van der Waals surface area contributed by atoms with Gasteiger partial charge in [-0.05, 0) is 23.6 Å². The first-order valence-electron chi connectivity index (χ1n) is 5.67. The summed E-state index contributed by atoms with van der Waals surface area (Å²) in [6.07, 6.45) is -0.476. The molecule has 1 heterocycles. The minimum Gasteiger partial charge on any atom is -0.354 e. The Morgan fingerprint density at radius 1 is 1.37 bits per heavy atom. The lowest BCUT2D eigenvalue weighted by Gasteiger charge is -2.13. The number of hydrogen-bond acceptors (Lipinski definition) is 4. The summed E-state index contributed by atoms with van der Waals surface area (Å²) in [4.78, 5) is 12.5. The second kappa shape index (κ2) is 6.10. The van der Waals surface area contributed by atoms with Crippen molar-refractivity contribution in [1.82, 2.24) is 5.32 Å². The molecule has 0 atom stereocenters. The van der Waals surface area contributed by atoms with E-state index in [1.54, 1.807) is 12.1 Å². The number of nitrogens with one attached hydrogen (secondary N) is 1. The predicted molar refractivity (Wildman–Crippen MR) is 71.9 cm³/mol. The molecule has 19 heavy (non-hydrogen) atoms. The van der Waals surface area contributed by atoms with Crippen LogP contribution in [0.1, 0.15) is 9.67 Å². The quantitative estimate of drug-likeness (QED) is 0.857. The third-order valence-electron chi connectivity index (χ3n) is 2.66. The van der Waals surface area contributed by atoms with Crippen LogP contribution in [-0.2, 0) is 9.47 Å². The van der Waals surface area contributed by atoms with Crippen molar-refractivity contribution in [1.29, 1.82) is 0 Å². The van der Waals surface area contributed by atoms with E-state index in [4.69, 9.17) is 9.47 Å². The van der Waals surface area contributed by atoms with Crippen LogP contribution >= 0.6 is 11.3 Å². The van der Waals surface area contributed by atoms with Crippen LogP contribution in [0.2, 0.25) is 0 Å². The van der Waals surface area contributed by atoms with Crippen molar-refractivity contribution in [3.63, 3.8) is 0 Å². The maximum atomic E-state index is 13.1. The van der Waals surface area contributed by atoms with Crippen LogP contribution in [0, 0.1) is 5.82 Å². The Morgan fingerprint density at radius 3 is 2.79 bits per heavy atom. The molecule has 6 heteroatoms. The summed E-state index contributed by atoms with van der Waals surface area (Å²) in [6.45, 7) is 0.258. The predicted octanol–water partition coefficient (Wildman–Crippen LogP) is 2.39. The number of thiophene rings is 1. The minimum absolute atomic E-state index is 0.222. The van der Waals surface area contributed by atoms with Gasteiger partial charge in [0.15, 0.2) is 6.29 Å². The Bertz CT molecular complexity index is 580. The van der Waals surface area contributed by atoms with Crippen molar-refractivity contribution in [3.05, 3.63) is 35.0 Å². The van der Waals surface area contributed by atoms with Crippen LogP contribution in [0.4, 0.5) is 4.39 Å². The lowest BCUT2D eigenvalue weighted by molar-refractivity contribution is -0.0974. The van der Waals surface area contributed by atoms with E-state index in [-0.39, 0.29) is 18.3 Å². The number of benzene rings is 1. The lowest BCUT2D eigenvalue weighted by Crippen LogP contribution is -2.33. The van der Waals surface area contributed by atoms with Gasteiger partial charge in [0.05, 0.1) is 11.4 Å². The topological polar surface area (TPSA) is 47.6 Å². The summed E-state index contributed by atoms with van der Waals surface area (Å²) in [5, 5.41) is 3.56. The fourth-order valence-corrected chi connectivity index (χ4v) is 2.65. The van der Waals surface area contributed by atoms with Gasteiger partial charge < -0.3 is 14.8 Å². The van der Waals surface area contributed by atoms with Crippen molar-refractivity contribution in [2.24, 2.45) is 0 Å². The fourth-order valence-electron chi connectivity index (χ4n) is 1.64. The summed E-state index contributed by atoms with van der Waals surface area (Å²) in [6, 6.07) is 6.20. The highest BCUT2D eigenvalue weighted by atomic mass is 32.1. The summed E-state index contributed by atoms with van der Waals surface area (Å²) in [7, 11) is 3.01. The first-order chi connectivity index (χ1) is 9.13. The number of methoxy groups -OCH3 is 2. The number of rotatable bonds is 5. The molecule has 1 amide bonds. The van der Waals surface area contributed by atoms with E-state index in [0.717, 1.165) is 10.1 Å². The highest BCUT2D eigenvalue weighted by Crippen LogP contribution is 2.26. The van der Waals surface area contributed by atoms with Gasteiger partial charge in [-0.3, -0.25) is 4.79 Å². The highest BCUT2D eigenvalue weighted by Gasteiger charge is 2.13. The largest absolute Gasteiger partial charge is 0.354 e. The number of amides is 1. The molecular formula is C13H14FNO3S. The molecule has 0 radical (unpaired) electrons. The van der Waals surface area contributed by atoms with Crippen molar-refractivity contribution in [3.8, 4) is 0 Å². The minimum atomic E-state index is -0.476. The smallest absolute Gasteiger partial charge is 0.261 e. The molecule has 1 aromatic carbocycles. The summed E-state index contributed by atoms with van der Waals surface area (Å²) >= 11 is 1.25. The van der Waals surface area contributed by atoms with E-state index < -0.39 is 6.29 Å². The average Bonchev–Trinajstić information content (AvgIpc) is 2.82. The summed E-state index contributed by atoms with van der Waals surface area (Å²) in [5.41, 5.74) is 0. The van der Waals surface area contributed by atoms with Crippen molar-refractivity contribution >= 4 is 27.3 Å². The Labute approximate surface area is 114 Å². The molecule has 0 unspecified atom stereocenters. The van der Waals surface area contributed by atoms with Crippen molar-refractivity contribution in [2.45, 2.75) is 6.29 Å². The van der Waals surface area contributed by atoms with Gasteiger partial charge in [0.2, 0.25) is 0 Å². The van der Waals surface area contributed by atoms with Gasteiger partial charge in [-0.25, -0.2) is 4.39 Å². The Morgan fingerprint density at radius 2 is 2.11 bits per heavy atom. The zero-order valence-corrected chi connectivity index (χ0v) is 11.4. The third kappa shape index (κ3) is 3.28. The zero-order valence-electron chi connectivity index (χ0n) is 10.6. The standard InChI is InChI=1S/C13H14FNO3S/c1-17-12(18-2)7-15-13(16)11-5-8-3-4-9(14)6-10(8)19-11/h3-6,12H,7H2,1-2H3,(H,15,16). The molecule has 2 rings (SSSR count). The molecule has 2 aromatic rings. The van der Waals surface area contributed by atoms with E-state index in [0.29, 0.717) is 4.88 Å². The Kier molecular flexibility index (Phi) is 4.47. The van der Waals surface area contributed by atoms with Crippen LogP contribution in [0.5, 0.6) is 0 Å². The molecule has 0 aliphatic carbocycles. The van der Waals surface area contributed by atoms with Crippen molar-refractivity contribution < 1.29 is 18.7 Å². The fraction of sp³-hybridized carbons (Fsp3) is 0.308. The number of carbonyl (C=O) groups excluding carboxylic acids is 1. The maximum absolute atomic E-state index is 13.1. The van der Waals surface area contributed by atoms with Gasteiger partial charge in [-0.2, -0.15) is 0 Å². The lowest BCUT2D eigenvalue weighted by atomic mass is 10.2. The van der Waals surface area contributed by atoms with E-state index in [9.17, 15) is 9.18 Å². The van der Waals surface area contributed by atoms with Crippen LogP contribution < -0.4 is 5.32 Å². The second-order valence-corrected chi connectivity index (χ2v) is 4.99. The first kappa shape index (κ1) is 13.9. The van der Waals surface area contributed by atoms with E-state index in [1.807, 2.05) is 0 Å². The Balaban J connectivity index is 2.09. The van der Waals surface area contributed by atoms with Gasteiger partial charge in [0.1, 0.15) is 5.82 Å². The SMILES string of the molecule is COC(CNC(=O)c1cc2ccc(F)cc2s1)OC. The van der Waals surface area contributed by atoms with Crippen molar-refractivity contribution in [2.75, 3.05) is 20.8 Å². The Hall–Kier alpha value is -1.50. The molecule has 0 saturated carbocycles. The first-order valence-corrected chi connectivity index (χ1v) is 6.48. The molecule has 1 N–H and O–H groups in total. The molecular weight excluding hydrogens is 269 g/mol. The van der Waals surface area contributed by atoms with Gasteiger partial charge >= 0.3 is 0 Å². The number of carbonyl (C=O) groups is 1. The summed E-state index contributed by atoms with van der Waals surface area (Å²) in [5.74, 6) is -0.527. The summed E-state index contributed by atoms with van der Waals surface area (Å²) < 4.78 is 23.8. The molecule has 0 aliphatic heterocycles. The molecule has 0 aliphatic rings. The molecule has 0 spiro atoms. The number of ether oxygens (including phenoxy) is 2. The van der Waals surface area contributed by atoms with E-state index in [1.165, 1.54) is 37.7 Å². The monoisotopic (exact) mass is 283 g/mol. The van der Waals surface area contributed by atoms with Crippen LogP contribution in [-0.4, -0.2) is 33.0 Å². The van der Waals surface area contributed by atoms with Gasteiger partial charge in [0.25, 0.3) is 5.91 Å². The normalized spacial score (nSPS) is 11.2. The van der Waals surface area contributed by atoms with Gasteiger partial charge in [-0.15, -0.1) is 11.3 Å². The van der Waals surface area contributed by atoms with E-state index >= 15 is 0 Å².